The molecule has 1 fully saturated rings. The van der Waals surface area contributed by atoms with Crippen molar-refractivity contribution in [3.8, 4) is 0 Å². The first kappa shape index (κ1) is 20.3. The fourth-order valence-electron chi connectivity index (χ4n) is 3.11. The number of hydrogen-bond acceptors (Lipinski definition) is 7. The number of morpholine rings is 1. The van der Waals surface area contributed by atoms with Crippen molar-refractivity contribution in [3.05, 3.63) is 47.0 Å². The van der Waals surface area contributed by atoms with Crippen molar-refractivity contribution in [2.45, 2.75) is 45.6 Å². The zero-order valence-electron chi connectivity index (χ0n) is 16.3. The first-order valence-electron chi connectivity index (χ1n) is 9.31. The molecule has 1 N–H and O–H groups in total. The lowest BCUT2D eigenvalue weighted by Gasteiger charge is -2.36. The van der Waals surface area contributed by atoms with Crippen LogP contribution in [-0.4, -0.2) is 53.2 Å². The molecule has 3 unspecified atom stereocenters. The molecule has 3 rings (SSSR count). The molecule has 3 atom stereocenters. The van der Waals surface area contributed by atoms with Gasteiger partial charge in [-0.3, -0.25) is 4.79 Å². The summed E-state index contributed by atoms with van der Waals surface area (Å²) in [5, 5.41) is 5.45. The van der Waals surface area contributed by atoms with Gasteiger partial charge in [-0.15, -0.1) is 11.3 Å². The normalized spacial score (nSPS) is 20.5. The van der Waals surface area contributed by atoms with Gasteiger partial charge in [0.2, 0.25) is 0 Å². The van der Waals surface area contributed by atoms with Crippen LogP contribution in [0.25, 0.3) is 0 Å². The first-order chi connectivity index (χ1) is 13.4. The number of ether oxygens (including phenoxy) is 2. The molecule has 2 heterocycles. The lowest BCUT2D eigenvalue weighted by atomic mass is 10.2. The van der Waals surface area contributed by atoms with Gasteiger partial charge in [-0.2, -0.15) is 0 Å². The molecule has 1 amide bonds. The van der Waals surface area contributed by atoms with Crippen molar-refractivity contribution in [1.29, 1.82) is 0 Å². The van der Waals surface area contributed by atoms with E-state index in [1.165, 1.54) is 11.3 Å². The maximum atomic E-state index is 12.6. The molecule has 1 aromatic carbocycles. The molecule has 0 aliphatic carbocycles. The number of carbonyl (C=O) groups excluding carboxylic acids is 2. The summed E-state index contributed by atoms with van der Waals surface area (Å²) in [6.45, 7) is 7.04. The fourth-order valence-corrected chi connectivity index (χ4v) is 3.79. The summed E-state index contributed by atoms with van der Waals surface area (Å²) in [5.74, 6) is -0.813. The predicted molar refractivity (Wildman–Crippen MR) is 107 cm³/mol. The van der Waals surface area contributed by atoms with Crippen LogP contribution in [0.15, 0.2) is 35.7 Å². The van der Waals surface area contributed by atoms with Gasteiger partial charge in [0.1, 0.15) is 0 Å². The molecule has 1 aromatic heterocycles. The van der Waals surface area contributed by atoms with Crippen LogP contribution in [0.5, 0.6) is 0 Å². The number of carbonyl (C=O) groups is 2. The summed E-state index contributed by atoms with van der Waals surface area (Å²) >= 11 is 1.33. The van der Waals surface area contributed by atoms with Crippen LogP contribution in [0, 0.1) is 0 Å². The van der Waals surface area contributed by atoms with E-state index in [-0.39, 0.29) is 23.8 Å². The lowest BCUT2D eigenvalue weighted by Crippen LogP contribution is -2.51. The molecule has 150 valence electrons. The molecule has 8 heteroatoms. The SMILES string of the molecule is CC1CN(C(=O)C(C)OC(=O)c2csc(NCc3ccccc3)n2)CC(C)O1. The Morgan fingerprint density at radius 3 is 2.64 bits per heavy atom. The molecule has 0 saturated carbocycles. The van der Waals surface area contributed by atoms with Crippen molar-refractivity contribution in [2.24, 2.45) is 0 Å². The molecular weight excluding hydrogens is 378 g/mol. The van der Waals surface area contributed by atoms with Gasteiger partial charge in [-0.1, -0.05) is 30.3 Å². The summed E-state index contributed by atoms with van der Waals surface area (Å²) in [7, 11) is 0. The highest BCUT2D eigenvalue weighted by molar-refractivity contribution is 7.13. The lowest BCUT2D eigenvalue weighted by molar-refractivity contribution is -0.151. The summed E-state index contributed by atoms with van der Waals surface area (Å²) < 4.78 is 11.0. The third-order valence-electron chi connectivity index (χ3n) is 4.36. The molecule has 0 radical (unpaired) electrons. The molecule has 7 nitrogen and oxygen atoms in total. The number of thiazole rings is 1. The highest BCUT2D eigenvalue weighted by Gasteiger charge is 2.30. The van der Waals surface area contributed by atoms with Gasteiger partial charge in [0.15, 0.2) is 16.9 Å². The van der Waals surface area contributed by atoms with Gasteiger partial charge >= 0.3 is 5.97 Å². The molecule has 1 aliphatic heterocycles. The number of anilines is 1. The van der Waals surface area contributed by atoms with Crippen molar-refractivity contribution in [2.75, 3.05) is 18.4 Å². The summed E-state index contributed by atoms with van der Waals surface area (Å²) in [4.78, 5) is 30.9. The van der Waals surface area contributed by atoms with Crippen LogP contribution in [0.2, 0.25) is 0 Å². The maximum absolute atomic E-state index is 12.6. The third-order valence-corrected chi connectivity index (χ3v) is 5.16. The Morgan fingerprint density at radius 2 is 1.96 bits per heavy atom. The molecule has 2 aromatic rings. The summed E-state index contributed by atoms with van der Waals surface area (Å²) in [6, 6.07) is 9.92. The van der Waals surface area contributed by atoms with Crippen molar-refractivity contribution in [3.63, 3.8) is 0 Å². The Bertz CT molecular complexity index is 801. The molecule has 1 saturated heterocycles. The summed E-state index contributed by atoms with van der Waals surface area (Å²) in [6.07, 6.45) is -0.938. The van der Waals surface area contributed by atoms with E-state index >= 15 is 0 Å². The Hall–Kier alpha value is -2.45. The van der Waals surface area contributed by atoms with E-state index in [0.29, 0.717) is 24.8 Å². The number of rotatable bonds is 6. The smallest absolute Gasteiger partial charge is 0.358 e. The van der Waals surface area contributed by atoms with Crippen molar-refractivity contribution >= 4 is 28.3 Å². The summed E-state index contributed by atoms with van der Waals surface area (Å²) in [5.41, 5.74) is 1.32. The second-order valence-electron chi connectivity index (χ2n) is 6.93. The number of benzene rings is 1. The zero-order chi connectivity index (χ0) is 20.1. The van der Waals surface area contributed by atoms with E-state index in [2.05, 4.69) is 10.3 Å². The standard InChI is InChI=1S/C20H25N3O4S/c1-13-10-23(11-14(2)26-13)18(24)15(3)27-19(25)17-12-28-20(22-17)21-9-16-7-5-4-6-8-16/h4-8,12-15H,9-11H2,1-3H3,(H,21,22). The number of esters is 1. The highest BCUT2D eigenvalue weighted by atomic mass is 32.1. The van der Waals surface area contributed by atoms with Crippen LogP contribution < -0.4 is 5.32 Å². The number of aromatic nitrogens is 1. The number of nitrogens with zero attached hydrogens (tertiary/aromatic N) is 2. The Balaban J connectivity index is 1.52. The maximum Gasteiger partial charge on any atom is 0.358 e. The highest BCUT2D eigenvalue weighted by Crippen LogP contribution is 2.18. The van der Waals surface area contributed by atoms with Gasteiger partial charge in [0.25, 0.3) is 5.91 Å². The van der Waals surface area contributed by atoms with E-state index in [1.54, 1.807) is 17.2 Å². The van der Waals surface area contributed by atoms with Crippen LogP contribution in [0.3, 0.4) is 0 Å². The fraction of sp³-hybridized carbons (Fsp3) is 0.450. The Morgan fingerprint density at radius 1 is 1.29 bits per heavy atom. The van der Waals surface area contributed by atoms with Crippen LogP contribution in [0.4, 0.5) is 5.13 Å². The number of hydrogen-bond donors (Lipinski definition) is 1. The average Bonchev–Trinajstić information content (AvgIpc) is 3.15. The van der Waals surface area contributed by atoms with Gasteiger partial charge < -0.3 is 19.7 Å². The monoisotopic (exact) mass is 403 g/mol. The minimum absolute atomic E-state index is 0.0348. The minimum Gasteiger partial charge on any atom is -0.448 e. The third kappa shape index (κ3) is 5.30. The predicted octanol–water partition coefficient (Wildman–Crippen LogP) is 2.94. The van der Waals surface area contributed by atoms with E-state index in [0.717, 1.165) is 5.56 Å². The van der Waals surface area contributed by atoms with Crippen molar-refractivity contribution < 1.29 is 19.1 Å². The largest absolute Gasteiger partial charge is 0.448 e. The second kappa shape index (κ2) is 9.16. The van der Waals surface area contributed by atoms with Gasteiger partial charge in [-0.05, 0) is 26.3 Å². The van der Waals surface area contributed by atoms with E-state index < -0.39 is 12.1 Å². The topological polar surface area (TPSA) is 80.8 Å². The van der Waals surface area contributed by atoms with Crippen LogP contribution in [-0.2, 0) is 20.8 Å². The molecule has 0 bridgehead atoms. The number of amides is 1. The Labute approximate surface area is 168 Å². The molecule has 0 spiro atoms. The zero-order valence-corrected chi connectivity index (χ0v) is 17.1. The van der Waals surface area contributed by atoms with Gasteiger partial charge in [0, 0.05) is 25.0 Å². The van der Waals surface area contributed by atoms with Gasteiger partial charge in [-0.25, -0.2) is 9.78 Å². The quantitative estimate of drug-likeness (QED) is 0.747. The van der Waals surface area contributed by atoms with E-state index in [1.807, 2.05) is 44.2 Å². The molecule has 1 aliphatic rings. The van der Waals surface area contributed by atoms with Crippen LogP contribution in [0.1, 0.15) is 36.8 Å². The number of nitrogens with one attached hydrogen (secondary N) is 1. The molecular formula is C20H25N3O4S. The second-order valence-corrected chi connectivity index (χ2v) is 7.78. The van der Waals surface area contributed by atoms with Gasteiger partial charge in [0.05, 0.1) is 12.2 Å². The van der Waals surface area contributed by atoms with Crippen LogP contribution >= 0.6 is 11.3 Å². The van der Waals surface area contributed by atoms with E-state index in [4.69, 9.17) is 9.47 Å². The molecule has 28 heavy (non-hydrogen) atoms. The van der Waals surface area contributed by atoms with Crippen molar-refractivity contribution in [1.82, 2.24) is 9.88 Å². The first-order valence-corrected chi connectivity index (χ1v) is 10.2. The Kier molecular flexibility index (Phi) is 6.64. The van der Waals surface area contributed by atoms with E-state index in [9.17, 15) is 9.59 Å². The minimum atomic E-state index is -0.868. The average molecular weight is 404 g/mol.